The highest BCUT2D eigenvalue weighted by Gasteiger charge is 2.23. The third-order valence-electron chi connectivity index (χ3n) is 3.77. The van der Waals surface area contributed by atoms with Gasteiger partial charge < -0.3 is 10.1 Å². The van der Waals surface area contributed by atoms with Crippen molar-refractivity contribution in [2.75, 3.05) is 26.7 Å². The van der Waals surface area contributed by atoms with Gasteiger partial charge in [-0.05, 0) is 36.4 Å². The molecule has 2 rings (SSSR count). The number of ether oxygens (including phenoxy) is 1. The van der Waals surface area contributed by atoms with Gasteiger partial charge in [-0.2, -0.15) is 4.31 Å². The highest BCUT2D eigenvalue weighted by Crippen LogP contribution is 2.23. The first kappa shape index (κ1) is 20.2. The summed E-state index contributed by atoms with van der Waals surface area (Å²) in [7, 11) is -2.16. The molecule has 1 amide bonds. The standard InChI is InChI=1S/C18H21ClN2O4S/c1-3-21(12-13-25-17-7-5-4-6-16(17)19)26(23,24)15-10-8-14(9-11-15)18(22)20-2/h4-11H,3,12-13H2,1-2H3,(H,20,22). The Balaban J connectivity index is 2.07. The number of halogens is 1. The van der Waals surface area contributed by atoms with Crippen LogP contribution in [0.15, 0.2) is 53.4 Å². The van der Waals surface area contributed by atoms with Crippen molar-refractivity contribution < 1.29 is 17.9 Å². The number of likely N-dealkylation sites (N-methyl/N-ethyl adjacent to an activating group) is 1. The monoisotopic (exact) mass is 396 g/mol. The lowest BCUT2D eigenvalue weighted by Gasteiger charge is -2.21. The highest BCUT2D eigenvalue weighted by molar-refractivity contribution is 7.89. The summed E-state index contributed by atoms with van der Waals surface area (Å²) >= 11 is 6.02. The Morgan fingerprint density at radius 2 is 1.81 bits per heavy atom. The van der Waals surface area contributed by atoms with E-state index in [9.17, 15) is 13.2 Å². The number of nitrogens with one attached hydrogen (secondary N) is 1. The van der Waals surface area contributed by atoms with E-state index in [1.54, 1.807) is 31.2 Å². The first-order chi connectivity index (χ1) is 12.4. The van der Waals surface area contributed by atoms with Gasteiger partial charge in [0.2, 0.25) is 10.0 Å². The van der Waals surface area contributed by atoms with Gasteiger partial charge in [-0.15, -0.1) is 0 Å². The molecule has 0 atom stereocenters. The van der Waals surface area contributed by atoms with E-state index in [0.29, 0.717) is 22.9 Å². The number of carbonyl (C=O) groups is 1. The molecule has 0 heterocycles. The Morgan fingerprint density at radius 1 is 1.15 bits per heavy atom. The average molecular weight is 397 g/mol. The average Bonchev–Trinajstić information content (AvgIpc) is 2.65. The molecule has 0 radical (unpaired) electrons. The number of amides is 1. The van der Waals surface area contributed by atoms with Crippen LogP contribution in [0.1, 0.15) is 17.3 Å². The van der Waals surface area contributed by atoms with Gasteiger partial charge in [-0.1, -0.05) is 30.7 Å². The zero-order valence-electron chi connectivity index (χ0n) is 14.6. The van der Waals surface area contributed by atoms with Crippen LogP contribution < -0.4 is 10.1 Å². The Bertz CT molecular complexity index is 854. The smallest absolute Gasteiger partial charge is 0.251 e. The lowest BCUT2D eigenvalue weighted by atomic mass is 10.2. The minimum absolute atomic E-state index is 0.129. The number of sulfonamides is 1. The number of hydrogen-bond donors (Lipinski definition) is 1. The molecule has 0 aromatic heterocycles. The Morgan fingerprint density at radius 3 is 2.38 bits per heavy atom. The van der Waals surface area contributed by atoms with Gasteiger partial charge in [-0.3, -0.25) is 4.79 Å². The summed E-state index contributed by atoms with van der Waals surface area (Å²) in [6.45, 7) is 2.41. The Kier molecular flexibility index (Phi) is 7.02. The topological polar surface area (TPSA) is 75.7 Å². The van der Waals surface area contributed by atoms with Crippen LogP contribution in [0, 0.1) is 0 Å². The van der Waals surface area contributed by atoms with Crippen LogP contribution in [0.5, 0.6) is 5.75 Å². The molecule has 1 N–H and O–H groups in total. The normalized spacial score (nSPS) is 11.4. The van der Waals surface area contributed by atoms with Crippen LogP contribution in [0.25, 0.3) is 0 Å². The van der Waals surface area contributed by atoms with Gasteiger partial charge in [0, 0.05) is 25.7 Å². The van der Waals surface area contributed by atoms with Gasteiger partial charge in [0.1, 0.15) is 12.4 Å². The Labute approximate surface area is 158 Å². The van der Waals surface area contributed by atoms with E-state index in [-0.39, 0.29) is 24.0 Å². The first-order valence-electron chi connectivity index (χ1n) is 8.09. The van der Waals surface area contributed by atoms with E-state index in [1.807, 2.05) is 0 Å². The van der Waals surface area contributed by atoms with Gasteiger partial charge in [-0.25, -0.2) is 8.42 Å². The molecule has 0 bridgehead atoms. The van der Waals surface area contributed by atoms with Crippen molar-refractivity contribution in [3.63, 3.8) is 0 Å². The molecule has 0 aliphatic carbocycles. The van der Waals surface area contributed by atoms with E-state index in [0.717, 1.165) is 0 Å². The van der Waals surface area contributed by atoms with Crippen molar-refractivity contribution in [3.05, 3.63) is 59.1 Å². The quantitative estimate of drug-likeness (QED) is 0.744. The van der Waals surface area contributed by atoms with Crippen LogP contribution in [-0.4, -0.2) is 45.4 Å². The van der Waals surface area contributed by atoms with Crippen molar-refractivity contribution in [1.29, 1.82) is 0 Å². The Hall–Kier alpha value is -2.09. The maximum Gasteiger partial charge on any atom is 0.251 e. The second-order valence-corrected chi connectivity index (χ2v) is 7.72. The zero-order chi connectivity index (χ0) is 19.2. The number of benzene rings is 2. The summed E-state index contributed by atoms with van der Waals surface area (Å²) in [6, 6.07) is 12.8. The molecule has 2 aromatic rings. The maximum absolute atomic E-state index is 12.8. The third-order valence-corrected chi connectivity index (χ3v) is 6.07. The minimum atomic E-state index is -3.68. The predicted molar refractivity (Wildman–Crippen MR) is 101 cm³/mol. The maximum atomic E-state index is 12.8. The molecule has 0 unspecified atom stereocenters. The second kappa shape index (κ2) is 9.02. The van der Waals surface area contributed by atoms with Crippen LogP contribution >= 0.6 is 11.6 Å². The minimum Gasteiger partial charge on any atom is -0.491 e. The molecule has 0 saturated carbocycles. The summed E-state index contributed by atoms with van der Waals surface area (Å²) < 4.78 is 32.4. The molecule has 0 aliphatic heterocycles. The molecule has 6 nitrogen and oxygen atoms in total. The van der Waals surface area contributed by atoms with Crippen LogP contribution in [0.2, 0.25) is 5.02 Å². The lowest BCUT2D eigenvalue weighted by molar-refractivity contribution is 0.0963. The summed E-state index contributed by atoms with van der Waals surface area (Å²) in [6.07, 6.45) is 0. The van der Waals surface area contributed by atoms with Crippen LogP contribution in [0.3, 0.4) is 0 Å². The van der Waals surface area contributed by atoms with Gasteiger partial charge >= 0.3 is 0 Å². The number of nitrogens with zero attached hydrogens (tertiary/aromatic N) is 1. The fourth-order valence-electron chi connectivity index (χ4n) is 2.34. The predicted octanol–water partition coefficient (Wildman–Crippen LogP) is 2.79. The molecule has 8 heteroatoms. The van der Waals surface area contributed by atoms with E-state index in [4.69, 9.17) is 16.3 Å². The van der Waals surface area contributed by atoms with Crippen molar-refractivity contribution in [2.24, 2.45) is 0 Å². The van der Waals surface area contributed by atoms with Gasteiger partial charge in [0.05, 0.1) is 9.92 Å². The molecule has 140 valence electrons. The summed E-state index contributed by atoms with van der Waals surface area (Å²) in [4.78, 5) is 11.7. The third kappa shape index (κ3) is 4.75. The first-order valence-corrected chi connectivity index (χ1v) is 9.91. The van der Waals surface area contributed by atoms with Gasteiger partial charge in [0.15, 0.2) is 0 Å². The van der Waals surface area contributed by atoms with Crippen molar-refractivity contribution in [2.45, 2.75) is 11.8 Å². The van der Waals surface area contributed by atoms with Crippen molar-refractivity contribution >= 4 is 27.5 Å². The summed E-state index contributed by atoms with van der Waals surface area (Å²) in [5.41, 5.74) is 0.400. The van der Waals surface area contributed by atoms with Gasteiger partial charge in [0.25, 0.3) is 5.91 Å². The molecule has 2 aromatic carbocycles. The summed E-state index contributed by atoms with van der Waals surface area (Å²) in [5.74, 6) is 0.243. The van der Waals surface area contributed by atoms with Crippen LogP contribution in [-0.2, 0) is 10.0 Å². The fourth-order valence-corrected chi connectivity index (χ4v) is 3.96. The van der Waals surface area contributed by atoms with Crippen molar-refractivity contribution in [1.82, 2.24) is 9.62 Å². The molecule has 0 fully saturated rings. The lowest BCUT2D eigenvalue weighted by Crippen LogP contribution is -2.34. The largest absolute Gasteiger partial charge is 0.491 e. The van der Waals surface area contributed by atoms with E-state index in [2.05, 4.69) is 5.32 Å². The number of carbonyl (C=O) groups excluding carboxylic acids is 1. The number of hydrogen-bond acceptors (Lipinski definition) is 4. The van der Waals surface area contributed by atoms with Crippen LogP contribution in [0.4, 0.5) is 0 Å². The molecule has 26 heavy (non-hydrogen) atoms. The molecular weight excluding hydrogens is 376 g/mol. The molecule has 0 aliphatic rings. The van der Waals surface area contributed by atoms with Crippen molar-refractivity contribution in [3.8, 4) is 5.75 Å². The van der Waals surface area contributed by atoms with E-state index >= 15 is 0 Å². The molecular formula is C18H21ClN2O4S. The number of rotatable bonds is 8. The SMILES string of the molecule is CCN(CCOc1ccccc1Cl)S(=O)(=O)c1ccc(C(=O)NC)cc1. The number of para-hydroxylation sites is 1. The van der Waals surface area contributed by atoms with E-state index in [1.165, 1.54) is 35.6 Å². The molecule has 0 saturated heterocycles. The summed E-state index contributed by atoms with van der Waals surface area (Å²) in [5, 5.41) is 2.97. The highest BCUT2D eigenvalue weighted by atomic mass is 35.5. The van der Waals surface area contributed by atoms with E-state index < -0.39 is 10.0 Å². The molecule has 0 spiro atoms. The fraction of sp³-hybridized carbons (Fsp3) is 0.278. The second-order valence-electron chi connectivity index (χ2n) is 5.38. The zero-order valence-corrected chi connectivity index (χ0v) is 16.2.